The van der Waals surface area contributed by atoms with Crippen molar-refractivity contribution in [2.75, 3.05) is 6.61 Å². The Morgan fingerprint density at radius 1 is 1.43 bits per heavy atom. The van der Waals surface area contributed by atoms with Gasteiger partial charge in [-0.1, -0.05) is 0 Å². The molecule has 1 saturated heterocycles. The first kappa shape index (κ1) is 17.8. The number of carbonyl (C=O) groups excluding carboxylic acids is 1. The summed E-state index contributed by atoms with van der Waals surface area (Å²) in [7, 11) is 0. The van der Waals surface area contributed by atoms with Gasteiger partial charge in [0, 0.05) is 13.3 Å². The fourth-order valence-corrected chi connectivity index (χ4v) is 2.14. The quantitative estimate of drug-likeness (QED) is 0.268. The molecule has 0 bridgehead atoms. The highest BCUT2D eigenvalue weighted by molar-refractivity contribution is 5.76. The van der Waals surface area contributed by atoms with Gasteiger partial charge in [0.05, 0.1) is 18.8 Å². The van der Waals surface area contributed by atoms with Crippen molar-refractivity contribution in [1.82, 2.24) is 5.32 Å². The largest absolute Gasteiger partial charge is 0.477 e. The summed E-state index contributed by atoms with van der Waals surface area (Å²) in [5.74, 6) is -5.17. The highest BCUT2D eigenvalue weighted by atomic mass is 16.7. The molecule has 0 aliphatic carbocycles. The summed E-state index contributed by atoms with van der Waals surface area (Å²) in [6.07, 6.45) is -7.48. The standard InChI is InChI=1S/C11H19NO9/c1-4(14)12-7-5(15)2-11(20,10(18)19)21-9(7)8(17)6(16)3-13/h5-9,13,15-17,20H,2-3H2,1H3,(H,12,14)(H,18,19)/t5-,6-,7-,8+,9-,11-/m1/s1. The summed E-state index contributed by atoms with van der Waals surface area (Å²) in [6.45, 7) is 0.256. The first-order valence-electron chi connectivity index (χ1n) is 6.18. The normalized spacial score (nSPS) is 35.8. The molecule has 1 fully saturated rings. The molecule has 0 aromatic heterocycles. The summed E-state index contributed by atoms with van der Waals surface area (Å²) in [4.78, 5) is 22.1. The van der Waals surface area contributed by atoms with Gasteiger partial charge in [0.1, 0.15) is 18.3 Å². The zero-order valence-electron chi connectivity index (χ0n) is 11.2. The molecule has 0 saturated carbocycles. The minimum absolute atomic E-state index is 0.598. The number of aliphatic hydroxyl groups excluding tert-OH is 4. The summed E-state index contributed by atoms with van der Waals surface area (Å²) in [5, 5.41) is 59.0. The van der Waals surface area contributed by atoms with Crippen LogP contribution in [-0.4, -0.2) is 85.4 Å². The number of carbonyl (C=O) groups is 2. The second-order valence-corrected chi connectivity index (χ2v) is 4.91. The lowest BCUT2D eigenvalue weighted by molar-refractivity contribution is -0.295. The molecule has 1 heterocycles. The first-order chi connectivity index (χ1) is 9.62. The smallest absolute Gasteiger partial charge is 0.364 e. The summed E-state index contributed by atoms with van der Waals surface area (Å²) >= 11 is 0. The van der Waals surface area contributed by atoms with Gasteiger partial charge in [0.2, 0.25) is 5.91 Å². The Labute approximate surface area is 119 Å². The molecule has 0 spiro atoms. The molecule has 6 atom stereocenters. The van der Waals surface area contributed by atoms with Crippen LogP contribution < -0.4 is 5.32 Å². The van der Waals surface area contributed by atoms with E-state index in [1.54, 1.807) is 0 Å². The second kappa shape index (κ2) is 6.64. The molecule has 7 N–H and O–H groups in total. The van der Waals surface area contributed by atoms with Crippen LogP contribution in [0.4, 0.5) is 0 Å². The van der Waals surface area contributed by atoms with E-state index in [1.807, 2.05) is 0 Å². The highest BCUT2D eigenvalue weighted by Crippen LogP contribution is 2.30. The van der Waals surface area contributed by atoms with E-state index in [9.17, 15) is 30.0 Å². The average molecular weight is 309 g/mol. The minimum Gasteiger partial charge on any atom is -0.477 e. The first-order valence-corrected chi connectivity index (χ1v) is 6.18. The van der Waals surface area contributed by atoms with Gasteiger partial charge in [0.25, 0.3) is 5.79 Å². The monoisotopic (exact) mass is 309 g/mol. The van der Waals surface area contributed by atoms with Crippen LogP contribution in [0, 0.1) is 0 Å². The molecular weight excluding hydrogens is 290 g/mol. The topological polar surface area (TPSA) is 177 Å². The van der Waals surface area contributed by atoms with Gasteiger partial charge in [-0.2, -0.15) is 0 Å². The van der Waals surface area contributed by atoms with Crippen molar-refractivity contribution in [3.8, 4) is 0 Å². The number of ether oxygens (including phenoxy) is 1. The van der Waals surface area contributed by atoms with Gasteiger partial charge in [-0.3, -0.25) is 4.79 Å². The zero-order chi connectivity index (χ0) is 16.4. The molecule has 122 valence electrons. The molecule has 21 heavy (non-hydrogen) atoms. The third-order valence-corrected chi connectivity index (χ3v) is 3.21. The molecule has 0 radical (unpaired) electrons. The Morgan fingerprint density at radius 2 is 2.00 bits per heavy atom. The molecule has 10 nitrogen and oxygen atoms in total. The Balaban J connectivity index is 3.07. The Kier molecular flexibility index (Phi) is 5.61. The summed E-state index contributed by atoms with van der Waals surface area (Å²) in [5.41, 5.74) is 0. The van der Waals surface area contributed by atoms with Gasteiger partial charge in [-0.15, -0.1) is 0 Å². The molecule has 1 amide bonds. The third kappa shape index (κ3) is 3.87. The van der Waals surface area contributed by atoms with E-state index in [1.165, 1.54) is 0 Å². The molecule has 0 aromatic rings. The predicted molar refractivity (Wildman–Crippen MR) is 64.8 cm³/mol. The summed E-state index contributed by atoms with van der Waals surface area (Å²) < 4.78 is 4.86. The fraction of sp³-hybridized carbons (Fsp3) is 0.818. The SMILES string of the molecule is CC(=O)N[C@H]1[C@H]([C@@H](O)[C@H](O)CO)O[C@@](O)(C(=O)O)C[C@H]1O. The zero-order valence-corrected chi connectivity index (χ0v) is 11.2. The molecule has 1 aliphatic rings. The van der Waals surface area contributed by atoms with Crippen LogP contribution in [0.15, 0.2) is 0 Å². The van der Waals surface area contributed by atoms with Crippen LogP contribution in [0.1, 0.15) is 13.3 Å². The van der Waals surface area contributed by atoms with Gasteiger partial charge < -0.3 is 40.7 Å². The van der Waals surface area contributed by atoms with Crippen LogP contribution in [-0.2, 0) is 14.3 Å². The van der Waals surface area contributed by atoms with Crippen molar-refractivity contribution in [1.29, 1.82) is 0 Å². The van der Waals surface area contributed by atoms with Crippen LogP contribution in [0.2, 0.25) is 0 Å². The summed E-state index contributed by atoms with van der Waals surface area (Å²) in [6, 6.07) is -1.27. The van der Waals surface area contributed by atoms with Crippen molar-refractivity contribution in [3.63, 3.8) is 0 Å². The lowest BCUT2D eigenvalue weighted by Gasteiger charge is -2.44. The van der Waals surface area contributed by atoms with E-state index in [4.69, 9.17) is 14.9 Å². The molecule has 0 aromatic carbocycles. The van der Waals surface area contributed by atoms with E-state index in [-0.39, 0.29) is 0 Å². The lowest BCUT2D eigenvalue weighted by Crippen LogP contribution is -2.67. The predicted octanol–water partition coefficient (Wildman–Crippen LogP) is -3.87. The minimum atomic E-state index is -2.78. The second-order valence-electron chi connectivity index (χ2n) is 4.91. The van der Waals surface area contributed by atoms with E-state index in [2.05, 4.69) is 5.32 Å². The van der Waals surface area contributed by atoms with Gasteiger partial charge in [-0.05, 0) is 0 Å². The van der Waals surface area contributed by atoms with Gasteiger partial charge >= 0.3 is 5.97 Å². The fourth-order valence-electron chi connectivity index (χ4n) is 2.14. The van der Waals surface area contributed by atoms with Crippen molar-refractivity contribution in [3.05, 3.63) is 0 Å². The molecule has 1 rings (SSSR count). The van der Waals surface area contributed by atoms with Crippen molar-refractivity contribution < 1.29 is 45.0 Å². The molecule has 0 unspecified atom stereocenters. The number of hydrogen-bond acceptors (Lipinski definition) is 8. The highest BCUT2D eigenvalue weighted by Gasteiger charge is 2.53. The third-order valence-electron chi connectivity index (χ3n) is 3.21. The maximum Gasteiger partial charge on any atom is 0.364 e. The maximum atomic E-state index is 11.1. The average Bonchev–Trinajstić information content (AvgIpc) is 2.39. The number of hydrogen-bond donors (Lipinski definition) is 7. The van der Waals surface area contributed by atoms with Crippen LogP contribution in [0.5, 0.6) is 0 Å². The van der Waals surface area contributed by atoms with Crippen molar-refractivity contribution in [2.24, 2.45) is 0 Å². The van der Waals surface area contributed by atoms with Crippen molar-refractivity contribution >= 4 is 11.9 Å². The number of carboxylic acid groups (broad SMARTS) is 1. The number of rotatable bonds is 5. The van der Waals surface area contributed by atoms with Crippen LogP contribution in [0.25, 0.3) is 0 Å². The van der Waals surface area contributed by atoms with Gasteiger partial charge in [0.15, 0.2) is 0 Å². The van der Waals surface area contributed by atoms with Crippen LogP contribution in [0.3, 0.4) is 0 Å². The number of amides is 1. The van der Waals surface area contributed by atoms with E-state index >= 15 is 0 Å². The van der Waals surface area contributed by atoms with Crippen LogP contribution >= 0.6 is 0 Å². The van der Waals surface area contributed by atoms with Gasteiger partial charge in [-0.25, -0.2) is 4.79 Å². The van der Waals surface area contributed by atoms with E-state index in [0.29, 0.717) is 0 Å². The molecular formula is C11H19NO9. The number of nitrogens with one attached hydrogen (secondary N) is 1. The maximum absolute atomic E-state index is 11.1. The lowest BCUT2D eigenvalue weighted by atomic mass is 9.88. The molecule has 10 heteroatoms. The number of aliphatic carboxylic acids is 1. The number of aliphatic hydroxyl groups is 5. The Bertz CT molecular complexity index is 403. The van der Waals surface area contributed by atoms with Crippen molar-refractivity contribution in [2.45, 2.75) is 49.6 Å². The van der Waals surface area contributed by atoms with E-state index < -0.39 is 61.1 Å². The Hall–Kier alpha value is -1.30. The van der Waals surface area contributed by atoms with E-state index in [0.717, 1.165) is 6.92 Å². The Morgan fingerprint density at radius 3 is 2.43 bits per heavy atom. The number of carboxylic acids is 1. The molecule has 1 aliphatic heterocycles.